The highest BCUT2D eigenvalue weighted by atomic mass is 16.3. The first-order valence-corrected chi connectivity index (χ1v) is 11.9. The number of aliphatic hydroxyl groups is 2. The Hall–Kier alpha value is -0.600. The van der Waals surface area contributed by atoms with Gasteiger partial charge in [0.25, 0.3) is 0 Å². The van der Waals surface area contributed by atoms with E-state index in [4.69, 9.17) is 8.22 Å². The van der Waals surface area contributed by atoms with Gasteiger partial charge in [0.1, 0.15) is 0 Å². The maximum Gasteiger partial charge on any atom is 0.0591 e. The summed E-state index contributed by atoms with van der Waals surface area (Å²) in [4.78, 5) is 0. The molecule has 2 nitrogen and oxygen atoms in total. The van der Waals surface area contributed by atoms with E-state index >= 15 is 0 Å². The van der Waals surface area contributed by atoms with Crippen LogP contribution in [0.3, 0.4) is 0 Å². The molecule has 0 aromatic carbocycles. The van der Waals surface area contributed by atoms with E-state index in [9.17, 15) is 10.2 Å². The average molecular weight is 407 g/mol. The molecular weight excluding hydrogens is 356 g/mol. The monoisotopic (exact) mass is 406 g/mol. The van der Waals surface area contributed by atoms with Crippen molar-refractivity contribution in [1.29, 1.82) is 0 Å². The van der Waals surface area contributed by atoms with Gasteiger partial charge in [-0.25, -0.2) is 0 Å². The van der Waals surface area contributed by atoms with Crippen molar-refractivity contribution in [3.63, 3.8) is 0 Å². The van der Waals surface area contributed by atoms with Crippen molar-refractivity contribution < 1.29 is 18.4 Å². The van der Waals surface area contributed by atoms with Gasteiger partial charge in [-0.2, -0.15) is 0 Å². The molecule has 0 bridgehead atoms. The van der Waals surface area contributed by atoms with Crippen LogP contribution < -0.4 is 0 Å². The molecular formula is C27H44O2. The Balaban J connectivity index is 1.46. The SMILES string of the molecule is [2H]C([2H])([2H])C(O)(CCC[C@@H](C)[C@H]1CC[C@H]2C3=CC=C4C[C@@H](O)CC[C@]4(C)[C@H]3CC[C@]12C)C([2H])([2H])[2H]. The van der Waals surface area contributed by atoms with E-state index in [-0.39, 0.29) is 23.4 Å². The molecule has 0 aliphatic heterocycles. The second-order valence-corrected chi connectivity index (χ2v) is 11.2. The van der Waals surface area contributed by atoms with Gasteiger partial charge in [0, 0.05) is 8.22 Å². The number of aliphatic hydroxyl groups excluding tert-OH is 1. The van der Waals surface area contributed by atoms with Gasteiger partial charge in [-0.15, -0.1) is 0 Å². The van der Waals surface area contributed by atoms with Gasteiger partial charge in [0.15, 0.2) is 0 Å². The lowest BCUT2D eigenvalue weighted by Crippen LogP contribution is -2.46. The zero-order chi connectivity index (χ0) is 26.0. The summed E-state index contributed by atoms with van der Waals surface area (Å²) < 4.78 is 45.7. The van der Waals surface area contributed by atoms with Gasteiger partial charge in [-0.3, -0.25) is 0 Å². The van der Waals surface area contributed by atoms with Gasteiger partial charge < -0.3 is 10.2 Å². The summed E-state index contributed by atoms with van der Waals surface area (Å²) in [5.41, 5.74) is 0.744. The van der Waals surface area contributed by atoms with Crippen molar-refractivity contribution in [2.24, 2.45) is 34.5 Å². The fourth-order valence-corrected chi connectivity index (χ4v) is 7.84. The zero-order valence-electron chi connectivity index (χ0n) is 24.5. The van der Waals surface area contributed by atoms with Gasteiger partial charge >= 0.3 is 0 Å². The third kappa shape index (κ3) is 3.78. The second kappa shape index (κ2) is 7.52. The van der Waals surface area contributed by atoms with E-state index in [2.05, 4.69) is 32.9 Å². The maximum absolute atomic E-state index is 10.6. The summed E-state index contributed by atoms with van der Waals surface area (Å²) in [6, 6.07) is 0. The molecule has 0 heterocycles. The molecule has 0 radical (unpaired) electrons. The van der Waals surface area contributed by atoms with E-state index in [0.717, 1.165) is 32.1 Å². The van der Waals surface area contributed by atoms with Crippen LogP contribution in [0.2, 0.25) is 0 Å². The van der Waals surface area contributed by atoms with E-state index in [1.807, 2.05) is 0 Å². The highest BCUT2D eigenvalue weighted by Crippen LogP contribution is 2.66. The number of rotatable bonds is 5. The maximum atomic E-state index is 10.6. The second-order valence-electron chi connectivity index (χ2n) is 11.2. The van der Waals surface area contributed by atoms with Crippen molar-refractivity contribution in [2.45, 2.75) is 110 Å². The van der Waals surface area contributed by atoms with Crippen LogP contribution in [0.15, 0.2) is 23.3 Å². The van der Waals surface area contributed by atoms with Crippen LogP contribution in [0.4, 0.5) is 0 Å². The van der Waals surface area contributed by atoms with Crippen LogP contribution in [0.5, 0.6) is 0 Å². The molecule has 164 valence electrons. The molecule has 4 rings (SSSR count). The van der Waals surface area contributed by atoms with E-state index in [1.54, 1.807) is 5.57 Å². The van der Waals surface area contributed by atoms with Gasteiger partial charge in [-0.1, -0.05) is 56.9 Å². The average Bonchev–Trinajstić information content (AvgIpc) is 3.09. The summed E-state index contributed by atoms with van der Waals surface area (Å²) in [6.45, 7) is 1.21. The Labute approximate surface area is 187 Å². The third-order valence-corrected chi connectivity index (χ3v) is 9.50. The highest BCUT2D eigenvalue weighted by molar-refractivity contribution is 5.38. The molecule has 0 aromatic heterocycles. The first-order valence-electron chi connectivity index (χ1n) is 14.9. The quantitative estimate of drug-likeness (QED) is 0.553. The van der Waals surface area contributed by atoms with Crippen molar-refractivity contribution in [2.75, 3.05) is 0 Å². The van der Waals surface area contributed by atoms with Gasteiger partial charge in [0.05, 0.1) is 11.7 Å². The molecule has 0 spiro atoms. The number of allylic oxidation sites excluding steroid dienone is 3. The smallest absolute Gasteiger partial charge is 0.0591 e. The van der Waals surface area contributed by atoms with Gasteiger partial charge in [-0.05, 0) is 99.6 Å². The molecule has 2 N–H and O–H groups in total. The number of hydrogen-bond acceptors (Lipinski definition) is 2. The topological polar surface area (TPSA) is 40.5 Å². The molecule has 4 aliphatic rings. The molecule has 3 fully saturated rings. The van der Waals surface area contributed by atoms with E-state index < -0.39 is 19.3 Å². The molecule has 0 saturated heterocycles. The Kier molecular flexibility index (Phi) is 3.95. The molecule has 0 amide bonds. The minimum atomic E-state index is -2.94. The standard InChI is InChI=1S/C27H44O2/c1-18(7-6-14-25(2,3)29)22-10-11-23-21-9-8-19-17-20(28)12-15-26(19,4)24(21)13-16-27(22,23)5/h8-9,18,20,22-24,28-29H,6-7,10-17H2,1-5H3/t18-,20+,22-,23+,24+,26+,27-/m1/s1/i2D3,3D3. The molecule has 29 heavy (non-hydrogen) atoms. The van der Waals surface area contributed by atoms with Gasteiger partial charge in [0.2, 0.25) is 0 Å². The minimum Gasteiger partial charge on any atom is -0.393 e. The van der Waals surface area contributed by atoms with E-state index in [1.165, 1.54) is 24.8 Å². The number of fused-ring (bicyclic) bond motifs is 5. The zero-order valence-corrected chi connectivity index (χ0v) is 18.5. The fraction of sp³-hybridized carbons (Fsp3) is 0.852. The lowest BCUT2D eigenvalue weighted by Gasteiger charge is -2.55. The van der Waals surface area contributed by atoms with Crippen LogP contribution in [-0.4, -0.2) is 21.9 Å². The van der Waals surface area contributed by atoms with Crippen molar-refractivity contribution >= 4 is 0 Å². The lowest BCUT2D eigenvalue weighted by molar-refractivity contribution is 0.0298. The number of hydrogen-bond donors (Lipinski definition) is 2. The summed E-state index contributed by atoms with van der Waals surface area (Å²) in [6.07, 6.45) is 12.8. The largest absolute Gasteiger partial charge is 0.393 e. The molecule has 0 aromatic rings. The molecule has 7 atom stereocenters. The summed E-state index contributed by atoms with van der Waals surface area (Å²) >= 11 is 0. The Morgan fingerprint density at radius 2 is 1.93 bits per heavy atom. The van der Waals surface area contributed by atoms with Crippen molar-refractivity contribution in [1.82, 2.24) is 0 Å². The van der Waals surface area contributed by atoms with Crippen LogP contribution in [0, 0.1) is 34.5 Å². The van der Waals surface area contributed by atoms with Crippen LogP contribution in [0.25, 0.3) is 0 Å². The fourth-order valence-electron chi connectivity index (χ4n) is 7.84. The minimum absolute atomic E-state index is 0.170. The summed E-state index contributed by atoms with van der Waals surface area (Å²) in [5.74, 6) is 1.97. The predicted molar refractivity (Wildman–Crippen MR) is 120 cm³/mol. The summed E-state index contributed by atoms with van der Waals surface area (Å²) in [5, 5.41) is 20.8. The third-order valence-electron chi connectivity index (χ3n) is 9.50. The van der Waals surface area contributed by atoms with Crippen LogP contribution in [-0.2, 0) is 0 Å². The lowest BCUT2D eigenvalue weighted by atomic mass is 9.50. The summed E-state index contributed by atoms with van der Waals surface area (Å²) in [7, 11) is 0. The predicted octanol–water partition coefficient (Wildman–Crippen LogP) is 6.42. The van der Waals surface area contributed by atoms with Crippen LogP contribution in [0.1, 0.15) is 107 Å². The van der Waals surface area contributed by atoms with Crippen LogP contribution >= 0.6 is 0 Å². The Morgan fingerprint density at radius 3 is 2.69 bits per heavy atom. The van der Waals surface area contributed by atoms with Crippen molar-refractivity contribution in [3.05, 3.63) is 23.3 Å². The first kappa shape index (κ1) is 15.2. The Bertz CT molecular complexity index is 860. The Morgan fingerprint density at radius 1 is 1.14 bits per heavy atom. The molecule has 0 unspecified atom stereocenters. The normalized spacial score (nSPS) is 46.9. The first-order chi connectivity index (χ1) is 16.0. The van der Waals surface area contributed by atoms with Crippen molar-refractivity contribution in [3.8, 4) is 0 Å². The molecule has 3 saturated carbocycles. The molecule has 4 aliphatic carbocycles. The molecule has 2 heteroatoms. The highest BCUT2D eigenvalue weighted by Gasteiger charge is 2.56. The van der Waals surface area contributed by atoms with E-state index in [0.29, 0.717) is 30.1 Å².